The molecule has 8 heteroatoms. The van der Waals surface area contributed by atoms with E-state index in [9.17, 15) is 0 Å². The van der Waals surface area contributed by atoms with Gasteiger partial charge in [-0.1, -0.05) is 15.9 Å². The van der Waals surface area contributed by atoms with E-state index in [0.29, 0.717) is 12.3 Å². The molecular weight excluding hydrogens is 562 g/mol. The first-order valence-corrected chi connectivity index (χ1v) is 11.9. The Bertz CT molecular complexity index is 1100. The Kier molecular flexibility index (Phi) is 6.01. The van der Waals surface area contributed by atoms with Crippen molar-refractivity contribution < 1.29 is 0 Å². The molecule has 0 unspecified atom stereocenters. The maximum Gasteiger partial charge on any atom is 0.150 e. The van der Waals surface area contributed by atoms with Crippen LogP contribution in [0.1, 0.15) is 30.7 Å². The third-order valence-electron chi connectivity index (χ3n) is 5.44. The number of aryl methyl sites for hydroxylation is 2. The number of rotatable bonds is 3. The largest absolute Gasteiger partial charge is 0.356 e. The number of anilines is 1. The standard InChI is InChI=1S/C21H20Br3N5/c1-12-11-29(19-16(23)9-15(22)10-17(19)24)21-18(12)20(26-13(2)27-21)28-7-4-14(3-6-25)5-8-28/h9-11,14H,3-5,7-8H2,1-2H3. The minimum absolute atomic E-state index is 0.495. The molecule has 0 N–H and O–H groups in total. The first kappa shape index (κ1) is 20.8. The topological polar surface area (TPSA) is 57.7 Å². The molecule has 1 aromatic carbocycles. The van der Waals surface area contributed by atoms with E-state index >= 15 is 0 Å². The fraction of sp³-hybridized carbons (Fsp3) is 0.381. The van der Waals surface area contributed by atoms with Crippen molar-refractivity contribution >= 4 is 64.6 Å². The molecule has 0 bridgehead atoms. The molecule has 1 saturated heterocycles. The summed E-state index contributed by atoms with van der Waals surface area (Å²) in [6.45, 7) is 5.91. The third-order valence-corrected chi connectivity index (χ3v) is 7.11. The number of hydrogen-bond acceptors (Lipinski definition) is 4. The number of benzene rings is 1. The zero-order valence-electron chi connectivity index (χ0n) is 16.2. The smallest absolute Gasteiger partial charge is 0.150 e. The monoisotopic (exact) mass is 579 g/mol. The Hall–Kier alpha value is -1.43. The average molecular weight is 582 g/mol. The molecule has 1 fully saturated rings. The highest BCUT2D eigenvalue weighted by Crippen LogP contribution is 2.38. The number of piperidine rings is 1. The van der Waals surface area contributed by atoms with Crippen LogP contribution in [0.2, 0.25) is 0 Å². The van der Waals surface area contributed by atoms with Crippen molar-refractivity contribution in [2.75, 3.05) is 18.0 Å². The SMILES string of the molecule is Cc1nc(N2CCC(CC#N)CC2)c2c(C)cn(-c3c(Br)cc(Br)cc3Br)c2n1. The van der Waals surface area contributed by atoms with Crippen molar-refractivity contribution in [1.82, 2.24) is 14.5 Å². The molecule has 1 aliphatic heterocycles. The van der Waals surface area contributed by atoms with Crippen LogP contribution in [-0.4, -0.2) is 27.6 Å². The van der Waals surface area contributed by atoms with Crippen LogP contribution < -0.4 is 4.90 Å². The third kappa shape index (κ3) is 3.97. The van der Waals surface area contributed by atoms with Crippen molar-refractivity contribution in [1.29, 1.82) is 5.26 Å². The van der Waals surface area contributed by atoms with E-state index in [1.165, 1.54) is 0 Å². The molecule has 0 atom stereocenters. The Morgan fingerprint density at radius 3 is 2.38 bits per heavy atom. The summed E-state index contributed by atoms with van der Waals surface area (Å²) < 4.78 is 5.09. The van der Waals surface area contributed by atoms with Gasteiger partial charge in [0, 0.05) is 39.1 Å². The van der Waals surface area contributed by atoms with Crippen LogP contribution in [-0.2, 0) is 0 Å². The Morgan fingerprint density at radius 2 is 1.76 bits per heavy atom. The van der Waals surface area contributed by atoms with Crippen molar-refractivity contribution in [3.05, 3.63) is 43.1 Å². The van der Waals surface area contributed by atoms with E-state index in [1.807, 2.05) is 19.1 Å². The van der Waals surface area contributed by atoms with Gasteiger partial charge in [0.05, 0.1) is 17.1 Å². The summed E-state index contributed by atoms with van der Waals surface area (Å²) in [5.74, 6) is 2.26. The molecule has 1 aliphatic rings. The molecular formula is C21H20Br3N5. The molecule has 150 valence electrons. The van der Waals surface area contributed by atoms with Gasteiger partial charge in [-0.2, -0.15) is 5.26 Å². The van der Waals surface area contributed by atoms with E-state index in [2.05, 4.69) is 76.4 Å². The van der Waals surface area contributed by atoms with Crippen LogP contribution >= 0.6 is 47.8 Å². The first-order chi connectivity index (χ1) is 13.9. The highest BCUT2D eigenvalue weighted by atomic mass is 79.9. The zero-order chi connectivity index (χ0) is 20.7. The summed E-state index contributed by atoms with van der Waals surface area (Å²) in [6.07, 6.45) is 4.83. The van der Waals surface area contributed by atoms with E-state index in [1.54, 1.807) is 0 Å². The molecule has 3 heterocycles. The number of fused-ring (bicyclic) bond motifs is 1. The van der Waals surface area contributed by atoms with Crippen LogP contribution in [0.25, 0.3) is 16.7 Å². The highest BCUT2D eigenvalue weighted by Gasteiger charge is 2.25. The van der Waals surface area contributed by atoms with Gasteiger partial charge in [0.15, 0.2) is 5.65 Å². The second kappa shape index (κ2) is 8.37. The van der Waals surface area contributed by atoms with Gasteiger partial charge in [0.1, 0.15) is 11.6 Å². The summed E-state index contributed by atoms with van der Waals surface area (Å²) in [5.41, 5.74) is 3.08. The highest BCUT2D eigenvalue weighted by molar-refractivity contribution is 9.11. The summed E-state index contributed by atoms with van der Waals surface area (Å²) in [4.78, 5) is 12.0. The van der Waals surface area contributed by atoms with Gasteiger partial charge in [0.2, 0.25) is 0 Å². The summed E-state index contributed by atoms with van der Waals surface area (Å²) in [6, 6.07) is 6.39. The summed E-state index contributed by atoms with van der Waals surface area (Å²) in [7, 11) is 0. The molecule has 29 heavy (non-hydrogen) atoms. The van der Waals surface area contributed by atoms with Gasteiger partial charge in [-0.3, -0.25) is 4.57 Å². The van der Waals surface area contributed by atoms with Gasteiger partial charge >= 0.3 is 0 Å². The van der Waals surface area contributed by atoms with Crippen molar-refractivity contribution in [2.24, 2.45) is 5.92 Å². The van der Waals surface area contributed by atoms with E-state index in [0.717, 1.165) is 73.3 Å². The van der Waals surface area contributed by atoms with Gasteiger partial charge in [-0.15, -0.1) is 0 Å². The Morgan fingerprint density at radius 1 is 1.10 bits per heavy atom. The van der Waals surface area contributed by atoms with Gasteiger partial charge in [-0.25, -0.2) is 9.97 Å². The summed E-state index contributed by atoms with van der Waals surface area (Å²) in [5, 5.41) is 10.1. The maximum atomic E-state index is 8.99. The molecule has 4 rings (SSSR count). The molecule has 0 radical (unpaired) electrons. The molecule has 3 aromatic rings. The second-order valence-corrected chi connectivity index (χ2v) is 10.1. The molecule has 0 spiro atoms. The number of aromatic nitrogens is 3. The Labute approximate surface area is 195 Å². The lowest BCUT2D eigenvalue weighted by Gasteiger charge is -2.32. The van der Waals surface area contributed by atoms with Crippen LogP contribution in [0.4, 0.5) is 5.82 Å². The van der Waals surface area contributed by atoms with Gasteiger partial charge in [0.25, 0.3) is 0 Å². The summed E-state index contributed by atoms with van der Waals surface area (Å²) >= 11 is 11.0. The lowest BCUT2D eigenvalue weighted by atomic mass is 9.94. The van der Waals surface area contributed by atoms with Crippen LogP contribution in [0.15, 0.2) is 31.7 Å². The number of nitriles is 1. The minimum Gasteiger partial charge on any atom is -0.356 e. The predicted octanol–water partition coefficient (Wildman–Crippen LogP) is 6.45. The van der Waals surface area contributed by atoms with Crippen molar-refractivity contribution in [3.63, 3.8) is 0 Å². The zero-order valence-corrected chi connectivity index (χ0v) is 21.0. The normalized spacial score (nSPS) is 15.1. The van der Waals surface area contributed by atoms with Gasteiger partial charge < -0.3 is 4.90 Å². The van der Waals surface area contributed by atoms with Crippen LogP contribution in [0, 0.1) is 31.1 Å². The fourth-order valence-corrected chi connectivity index (χ4v) is 6.67. The van der Waals surface area contributed by atoms with Crippen molar-refractivity contribution in [3.8, 4) is 11.8 Å². The van der Waals surface area contributed by atoms with Crippen LogP contribution in [0.3, 0.4) is 0 Å². The fourth-order valence-electron chi connectivity index (χ4n) is 4.03. The van der Waals surface area contributed by atoms with E-state index < -0.39 is 0 Å². The maximum absolute atomic E-state index is 8.99. The lowest BCUT2D eigenvalue weighted by Crippen LogP contribution is -2.34. The van der Waals surface area contributed by atoms with Gasteiger partial charge in [-0.05, 0) is 82.2 Å². The number of hydrogen-bond donors (Lipinski definition) is 0. The Balaban J connectivity index is 1.83. The molecule has 0 saturated carbocycles. The van der Waals surface area contributed by atoms with E-state index in [-0.39, 0.29) is 0 Å². The lowest BCUT2D eigenvalue weighted by molar-refractivity contribution is 0.411. The van der Waals surface area contributed by atoms with E-state index in [4.69, 9.17) is 15.2 Å². The second-order valence-electron chi connectivity index (χ2n) is 7.49. The van der Waals surface area contributed by atoms with Crippen LogP contribution in [0.5, 0.6) is 0 Å². The molecule has 2 aromatic heterocycles. The number of halogens is 3. The first-order valence-electron chi connectivity index (χ1n) is 9.52. The molecule has 5 nitrogen and oxygen atoms in total. The predicted molar refractivity (Wildman–Crippen MR) is 127 cm³/mol. The molecule has 0 amide bonds. The van der Waals surface area contributed by atoms with Crippen molar-refractivity contribution in [2.45, 2.75) is 33.1 Å². The quantitative estimate of drug-likeness (QED) is 0.356. The minimum atomic E-state index is 0.495. The molecule has 0 aliphatic carbocycles. The average Bonchev–Trinajstić information content (AvgIpc) is 2.97. The number of nitrogens with zero attached hydrogens (tertiary/aromatic N) is 5.